The minimum atomic E-state index is -3.76. The van der Waals surface area contributed by atoms with Crippen LogP contribution in [0.3, 0.4) is 0 Å². The maximum Gasteiger partial charge on any atom is 0.255 e. The van der Waals surface area contributed by atoms with Crippen LogP contribution in [0.25, 0.3) is 0 Å². The molecular formula is C18H16ClN3O3S. The molecule has 0 bridgehead atoms. The number of carbonyl (C=O) groups excluding carboxylic acids is 1. The minimum absolute atomic E-state index is 0.0551. The molecule has 8 heteroatoms. The number of halogens is 1. The van der Waals surface area contributed by atoms with Gasteiger partial charge in [0.05, 0.1) is 17.5 Å². The molecule has 0 heterocycles. The van der Waals surface area contributed by atoms with E-state index in [1.165, 1.54) is 18.2 Å². The molecule has 2 aromatic rings. The van der Waals surface area contributed by atoms with Gasteiger partial charge in [-0.25, -0.2) is 13.1 Å². The molecule has 0 radical (unpaired) electrons. The van der Waals surface area contributed by atoms with Gasteiger partial charge in [0, 0.05) is 17.3 Å². The zero-order valence-electron chi connectivity index (χ0n) is 13.7. The van der Waals surface area contributed by atoms with Crippen LogP contribution < -0.4 is 10.0 Å². The highest BCUT2D eigenvalue weighted by atomic mass is 35.5. The molecule has 1 aliphatic carbocycles. The lowest BCUT2D eigenvalue weighted by Gasteiger charge is -2.10. The lowest BCUT2D eigenvalue weighted by Crippen LogP contribution is -2.26. The summed E-state index contributed by atoms with van der Waals surface area (Å²) in [6.07, 6.45) is 1.90. The minimum Gasteiger partial charge on any atom is -0.322 e. The highest BCUT2D eigenvalue weighted by molar-refractivity contribution is 7.89. The van der Waals surface area contributed by atoms with Crippen LogP contribution >= 0.6 is 11.6 Å². The normalized spacial score (nSPS) is 13.8. The molecule has 1 saturated carbocycles. The quantitative estimate of drug-likeness (QED) is 0.792. The second kappa shape index (κ2) is 7.46. The van der Waals surface area contributed by atoms with E-state index < -0.39 is 15.9 Å². The van der Waals surface area contributed by atoms with E-state index >= 15 is 0 Å². The van der Waals surface area contributed by atoms with Gasteiger partial charge < -0.3 is 5.32 Å². The summed E-state index contributed by atoms with van der Waals surface area (Å²) in [5, 5.41) is 11.4. The van der Waals surface area contributed by atoms with E-state index in [-0.39, 0.29) is 21.5 Å². The molecule has 26 heavy (non-hydrogen) atoms. The molecule has 0 spiro atoms. The molecule has 1 aliphatic rings. The summed E-state index contributed by atoms with van der Waals surface area (Å²) in [6, 6.07) is 13.0. The number of nitriles is 1. The fourth-order valence-electron chi connectivity index (χ4n) is 2.34. The molecule has 2 N–H and O–H groups in total. The van der Waals surface area contributed by atoms with Crippen molar-refractivity contribution in [2.24, 2.45) is 0 Å². The molecule has 134 valence electrons. The fraction of sp³-hybridized carbons (Fsp3) is 0.222. The van der Waals surface area contributed by atoms with Gasteiger partial charge in [0.2, 0.25) is 10.0 Å². The van der Waals surface area contributed by atoms with Gasteiger partial charge in [-0.15, -0.1) is 0 Å². The molecule has 0 unspecified atom stereocenters. The predicted octanol–water partition coefficient (Wildman–Crippen LogP) is 3.10. The Labute approximate surface area is 156 Å². The summed E-state index contributed by atoms with van der Waals surface area (Å²) in [6.45, 7) is 0. The first-order valence-electron chi connectivity index (χ1n) is 7.98. The van der Waals surface area contributed by atoms with Gasteiger partial charge >= 0.3 is 0 Å². The number of nitrogens with zero attached hydrogens (tertiary/aromatic N) is 1. The van der Waals surface area contributed by atoms with Crippen LogP contribution in [0, 0.1) is 11.3 Å². The van der Waals surface area contributed by atoms with Gasteiger partial charge in [0.1, 0.15) is 4.90 Å². The monoisotopic (exact) mass is 389 g/mol. The Morgan fingerprint density at radius 2 is 1.88 bits per heavy atom. The topological polar surface area (TPSA) is 99.1 Å². The SMILES string of the molecule is N#CCc1ccc(NC(=O)c2ccc(Cl)c(S(=O)(=O)NC3CC3)c2)cc1. The summed E-state index contributed by atoms with van der Waals surface area (Å²) < 4.78 is 27.3. The average molecular weight is 390 g/mol. The van der Waals surface area contributed by atoms with Crippen LogP contribution in [0.1, 0.15) is 28.8 Å². The Balaban J connectivity index is 1.79. The molecule has 1 fully saturated rings. The number of amides is 1. The molecular weight excluding hydrogens is 374 g/mol. The maximum atomic E-state index is 12.4. The molecule has 0 aliphatic heterocycles. The Hall–Kier alpha value is -2.40. The van der Waals surface area contributed by atoms with Crippen molar-refractivity contribution in [3.05, 3.63) is 58.6 Å². The highest BCUT2D eigenvalue weighted by Gasteiger charge is 2.29. The van der Waals surface area contributed by atoms with E-state index in [1.54, 1.807) is 24.3 Å². The van der Waals surface area contributed by atoms with Gasteiger partial charge in [0.25, 0.3) is 5.91 Å². The second-order valence-electron chi connectivity index (χ2n) is 6.03. The molecule has 0 atom stereocenters. The first kappa shape index (κ1) is 18.4. The van der Waals surface area contributed by atoms with Gasteiger partial charge in [-0.2, -0.15) is 5.26 Å². The lowest BCUT2D eigenvalue weighted by atomic mass is 10.1. The number of hydrogen-bond acceptors (Lipinski definition) is 4. The second-order valence-corrected chi connectivity index (χ2v) is 8.12. The van der Waals surface area contributed by atoms with Crippen molar-refractivity contribution < 1.29 is 13.2 Å². The number of carbonyl (C=O) groups is 1. The average Bonchev–Trinajstić information content (AvgIpc) is 3.40. The molecule has 0 saturated heterocycles. The van der Waals surface area contributed by atoms with Crippen molar-refractivity contribution in [2.45, 2.75) is 30.2 Å². The number of benzene rings is 2. The third-order valence-electron chi connectivity index (χ3n) is 3.88. The third kappa shape index (κ3) is 4.41. The molecule has 0 aromatic heterocycles. The van der Waals surface area contributed by atoms with Crippen molar-refractivity contribution in [1.29, 1.82) is 5.26 Å². The molecule has 1 amide bonds. The van der Waals surface area contributed by atoms with E-state index in [0.29, 0.717) is 12.1 Å². The van der Waals surface area contributed by atoms with Crippen molar-refractivity contribution in [3.8, 4) is 6.07 Å². The number of rotatable bonds is 6. The molecule has 2 aromatic carbocycles. The van der Waals surface area contributed by atoms with Crippen LogP contribution in [0.2, 0.25) is 5.02 Å². The van der Waals surface area contributed by atoms with Crippen LogP contribution in [0.5, 0.6) is 0 Å². The van der Waals surface area contributed by atoms with E-state index in [1.807, 2.05) is 0 Å². The first-order chi connectivity index (χ1) is 12.4. The van der Waals surface area contributed by atoms with Crippen LogP contribution in [0.4, 0.5) is 5.69 Å². The van der Waals surface area contributed by atoms with Crippen LogP contribution in [0.15, 0.2) is 47.4 Å². The summed E-state index contributed by atoms with van der Waals surface area (Å²) >= 11 is 6.02. The largest absolute Gasteiger partial charge is 0.322 e. The van der Waals surface area contributed by atoms with Crippen molar-refractivity contribution in [2.75, 3.05) is 5.32 Å². The van der Waals surface area contributed by atoms with Gasteiger partial charge in [-0.3, -0.25) is 4.79 Å². The van der Waals surface area contributed by atoms with Gasteiger partial charge in [-0.05, 0) is 48.7 Å². The van der Waals surface area contributed by atoms with E-state index in [4.69, 9.17) is 16.9 Å². The first-order valence-corrected chi connectivity index (χ1v) is 9.84. The lowest BCUT2D eigenvalue weighted by molar-refractivity contribution is 0.102. The number of hydrogen-bond donors (Lipinski definition) is 2. The smallest absolute Gasteiger partial charge is 0.255 e. The molecule has 6 nitrogen and oxygen atoms in total. The Bertz CT molecular complexity index is 978. The standard InChI is InChI=1S/C18H16ClN3O3S/c19-16-8-3-13(11-17(16)26(24,25)22-15-6-7-15)18(23)21-14-4-1-12(2-5-14)9-10-20/h1-5,8,11,15,22H,6-7,9H2,(H,21,23). The highest BCUT2D eigenvalue weighted by Crippen LogP contribution is 2.27. The number of sulfonamides is 1. The van der Waals surface area contributed by atoms with Crippen molar-refractivity contribution in [1.82, 2.24) is 4.72 Å². The van der Waals surface area contributed by atoms with E-state index in [2.05, 4.69) is 16.1 Å². The van der Waals surface area contributed by atoms with E-state index in [9.17, 15) is 13.2 Å². The van der Waals surface area contributed by atoms with Gasteiger partial charge in [-0.1, -0.05) is 23.7 Å². The van der Waals surface area contributed by atoms with E-state index in [0.717, 1.165) is 18.4 Å². The summed E-state index contributed by atoms with van der Waals surface area (Å²) in [7, 11) is -3.76. The third-order valence-corrected chi connectivity index (χ3v) is 5.88. The van der Waals surface area contributed by atoms with Gasteiger partial charge in [0.15, 0.2) is 0 Å². The van der Waals surface area contributed by atoms with Crippen molar-refractivity contribution >= 4 is 33.2 Å². The fourth-order valence-corrected chi connectivity index (χ4v) is 4.17. The summed E-state index contributed by atoms with van der Waals surface area (Å²) in [5.41, 5.74) is 1.58. The van der Waals surface area contributed by atoms with Crippen molar-refractivity contribution in [3.63, 3.8) is 0 Å². The zero-order valence-corrected chi connectivity index (χ0v) is 15.3. The number of anilines is 1. The Morgan fingerprint density at radius 3 is 2.50 bits per heavy atom. The zero-order chi connectivity index (χ0) is 18.7. The number of nitrogens with one attached hydrogen (secondary N) is 2. The Kier molecular flexibility index (Phi) is 5.28. The Morgan fingerprint density at radius 1 is 1.19 bits per heavy atom. The summed E-state index contributed by atoms with van der Waals surface area (Å²) in [4.78, 5) is 12.3. The predicted molar refractivity (Wildman–Crippen MR) is 98.5 cm³/mol. The summed E-state index contributed by atoms with van der Waals surface area (Å²) in [5.74, 6) is -0.447. The molecule has 3 rings (SSSR count). The maximum absolute atomic E-state index is 12.4. The van der Waals surface area contributed by atoms with Crippen LogP contribution in [-0.4, -0.2) is 20.4 Å². The van der Waals surface area contributed by atoms with Crippen LogP contribution in [-0.2, 0) is 16.4 Å².